The van der Waals surface area contributed by atoms with Crippen LogP contribution in [0.25, 0.3) is 0 Å². The molecule has 9 nitrogen and oxygen atoms in total. The lowest BCUT2D eigenvalue weighted by molar-refractivity contribution is -0.872. The molecule has 0 fully saturated rings. The fourth-order valence-electron chi connectivity index (χ4n) is 4.35. The van der Waals surface area contributed by atoms with Gasteiger partial charge in [-0.25, -0.2) is 4.89 Å². The van der Waals surface area contributed by atoms with Crippen molar-refractivity contribution in [2.24, 2.45) is 0 Å². The zero-order valence-corrected chi connectivity index (χ0v) is 25.6. The average Bonchev–Trinajstić information content (AvgIpc) is 2.85. The Morgan fingerprint density at radius 3 is 1.61 bits per heavy atom. The summed E-state index contributed by atoms with van der Waals surface area (Å²) in [4.78, 5) is 28.9. The van der Waals surface area contributed by atoms with E-state index in [9.17, 15) is 14.3 Å². The second kappa shape index (κ2) is 23.3. The van der Waals surface area contributed by atoms with E-state index >= 15 is 0 Å². The number of ketones is 1. The lowest BCUT2D eigenvalue weighted by atomic mass is 10.0. The van der Waals surface area contributed by atoms with Gasteiger partial charge in [0.15, 0.2) is 11.9 Å². The van der Waals surface area contributed by atoms with Crippen molar-refractivity contribution in [3.63, 3.8) is 0 Å². The van der Waals surface area contributed by atoms with Gasteiger partial charge in [0.2, 0.25) is 0 Å². The Bertz CT molecular complexity index is 610. The largest absolute Gasteiger partial charge is 0.756 e. The fraction of sp³-hybridized carbons (Fsp3) is 0.964. The maximum atomic E-state index is 12.8. The molecule has 0 aliphatic carbocycles. The van der Waals surface area contributed by atoms with Crippen molar-refractivity contribution in [1.82, 2.24) is 0 Å². The number of phosphoric acid groups is 1. The number of aliphatic hydroxyl groups excluding tert-OH is 1. The summed E-state index contributed by atoms with van der Waals surface area (Å²) in [6.45, 7) is 1.19. The molecule has 0 aliphatic rings. The Morgan fingerprint density at radius 1 is 0.816 bits per heavy atom. The molecule has 0 spiro atoms. The molecule has 0 rings (SSSR count). The van der Waals surface area contributed by atoms with Gasteiger partial charge in [-0.1, -0.05) is 110 Å². The van der Waals surface area contributed by atoms with E-state index in [0.29, 0.717) is 10.9 Å². The smallest absolute Gasteiger partial charge is 0.268 e. The summed E-state index contributed by atoms with van der Waals surface area (Å²) in [5, 5.41) is 17.6. The van der Waals surface area contributed by atoms with Crippen LogP contribution in [0.3, 0.4) is 0 Å². The number of aliphatic hydroxyl groups is 1. The number of carbonyl (C=O) groups is 1. The van der Waals surface area contributed by atoms with E-state index in [0.717, 1.165) is 19.3 Å². The van der Waals surface area contributed by atoms with Crippen LogP contribution < -0.4 is 4.89 Å². The van der Waals surface area contributed by atoms with Crippen LogP contribution in [0.1, 0.15) is 122 Å². The highest BCUT2D eigenvalue weighted by Gasteiger charge is 2.30. The first-order valence-corrected chi connectivity index (χ1v) is 16.4. The molecule has 0 aromatic rings. The van der Waals surface area contributed by atoms with Crippen LogP contribution in [0, 0.1) is 0 Å². The second-order valence-corrected chi connectivity index (χ2v) is 13.0. The van der Waals surface area contributed by atoms with Gasteiger partial charge in [-0.15, -0.1) is 0 Å². The Labute approximate surface area is 232 Å². The van der Waals surface area contributed by atoms with E-state index in [4.69, 9.17) is 14.9 Å². The monoisotopic (exact) mass is 567 g/mol. The van der Waals surface area contributed by atoms with E-state index in [2.05, 4.69) is 16.3 Å². The molecule has 0 radical (unpaired) electrons. The normalized spacial score (nSPS) is 15.3. The molecule has 0 aromatic heterocycles. The van der Waals surface area contributed by atoms with Gasteiger partial charge in [0, 0.05) is 6.42 Å². The first-order chi connectivity index (χ1) is 18.0. The van der Waals surface area contributed by atoms with Gasteiger partial charge in [0.1, 0.15) is 12.6 Å². The molecule has 2 unspecified atom stereocenters. The molecular weight excluding hydrogens is 509 g/mol. The lowest BCUT2D eigenvalue weighted by Crippen LogP contribution is -2.45. The number of rotatable bonds is 28. The first kappa shape index (κ1) is 37.6. The number of hydrogen-bond acceptors (Lipinski definition) is 8. The summed E-state index contributed by atoms with van der Waals surface area (Å²) in [6, 6.07) is 0. The highest BCUT2D eigenvalue weighted by atomic mass is 31.2. The third kappa shape index (κ3) is 23.5. The summed E-state index contributed by atoms with van der Waals surface area (Å²) in [7, 11) is 0.704. The van der Waals surface area contributed by atoms with Crippen LogP contribution >= 0.6 is 7.82 Å². The molecule has 10 heteroatoms. The zero-order chi connectivity index (χ0) is 28.7. The van der Waals surface area contributed by atoms with E-state index < -0.39 is 33.2 Å². The standard InChI is InChI=1S/C28H58NO8P/c1-5-6-7-8-9-10-11-12-13-14-15-16-17-18-19-20-21-22-27(31)28(23-29(2,3)4)37-38(33,34)35-25-26(24-30)36-32/h26,28,30H,5-25H2,1-4H3,(H-,32,33,34)/t26-,28?/m1/s1. The number of carbonyl (C=O) groups excluding carboxylic acids is 1. The Hall–Kier alpha value is -0.380. The van der Waals surface area contributed by atoms with Crippen molar-refractivity contribution in [2.75, 3.05) is 40.9 Å². The summed E-state index contributed by atoms with van der Waals surface area (Å²) >= 11 is 0. The number of Topliss-reactive ketones (excluding diaryl/α,β-unsaturated/α-hetero) is 1. The number of phosphoric ester groups is 1. The van der Waals surface area contributed by atoms with Crippen molar-refractivity contribution in [3.8, 4) is 0 Å². The van der Waals surface area contributed by atoms with Crippen molar-refractivity contribution in [1.29, 1.82) is 0 Å². The predicted molar refractivity (Wildman–Crippen MR) is 150 cm³/mol. The maximum Gasteiger partial charge on any atom is 0.268 e. The average molecular weight is 568 g/mol. The zero-order valence-electron chi connectivity index (χ0n) is 24.7. The molecule has 228 valence electrons. The molecule has 0 saturated carbocycles. The Kier molecular flexibility index (Phi) is 23.1. The highest BCUT2D eigenvalue weighted by molar-refractivity contribution is 7.45. The van der Waals surface area contributed by atoms with Gasteiger partial charge in [0.25, 0.3) is 7.82 Å². The van der Waals surface area contributed by atoms with Gasteiger partial charge in [-0.2, -0.15) is 0 Å². The summed E-state index contributed by atoms with van der Waals surface area (Å²) in [5.74, 6) is -0.268. The van der Waals surface area contributed by atoms with Crippen molar-refractivity contribution in [2.45, 2.75) is 135 Å². The number of unbranched alkanes of at least 4 members (excludes halogenated alkanes) is 16. The first-order valence-electron chi connectivity index (χ1n) is 14.9. The highest BCUT2D eigenvalue weighted by Crippen LogP contribution is 2.40. The third-order valence-corrected chi connectivity index (χ3v) is 7.60. The number of quaternary nitrogens is 1. The number of hydrogen-bond donors (Lipinski definition) is 2. The molecule has 0 saturated heterocycles. The van der Waals surface area contributed by atoms with Crippen molar-refractivity contribution >= 4 is 13.6 Å². The van der Waals surface area contributed by atoms with Gasteiger partial charge in [-0.05, 0) is 6.42 Å². The lowest BCUT2D eigenvalue weighted by Gasteiger charge is -2.32. The van der Waals surface area contributed by atoms with Crippen LogP contribution in [0.5, 0.6) is 0 Å². The summed E-state index contributed by atoms with van der Waals surface area (Å²) < 4.78 is 22.3. The van der Waals surface area contributed by atoms with E-state index in [-0.39, 0.29) is 18.7 Å². The van der Waals surface area contributed by atoms with Crippen LogP contribution in [0.15, 0.2) is 0 Å². The van der Waals surface area contributed by atoms with Crippen molar-refractivity contribution in [3.05, 3.63) is 0 Å². The quantitative estimate of drug-likeness (QED) is 0.0386. The summed E-state index contributed by atoms with van der Waals surface area (Å²) in [6.07, 6.45) is 19.3. The van der Waals surface area contributed by atoms with Gasteiger partial charge < -0.3 is 23.5 Å². The molecule has 2 N–H and O–H groups in total. The van der Waals surface area contributed by atoms with Gasteiger partial charge in [0.05, 0.1) is 34.4 Å². The molecule has 0 bridgehead atoms. The maximum absolute atomic E-state index is 12.8. The molecule has 38 heavy (non-hydrogen) atoms. The number of likely N-dealkylation sites (N-methyl/N-ethyl adjacent to an activating group) is 1. The third-order valence-electron chi connectivity index (χ3n) is 6.63. The molecule has 0 heterocycles. The SMILES string of the molecule is CCCCCCCCCCCCCCCCCCCC(=O)C(C[N+](C)(C)C)OP(=O)([O-])OC[C@@H](CO)OO. The van der Waals surface area contributed by atoms with E-state index in [1.807, 2.05) is 21.1 Å². The minimum atomic E-state index is -4.83. The Balaban J connectivity index is 4.01. The minimum absolute atomic E-state index is 0.174. The molecular formula is C28H58NO8P. The molecule has 0 aliphatic heterocycles. The van der Waals surface area contributed by atoms with Crippen molar-refractivity contribution < 1.29 is 43.0 Å². The van der Waals surface area contributed by atoms with Crippen LogP contribution in [-0.4, -0.2) is 73.7 Å². The second-order valence-electron chi connectivity index (χ2n) is 11.6. The van der Waals surface area contributed by atoms with E-state index in [1.165, 1.54) is 83.5 Å². The Morgan fingerprint density at radius 2 is 1.24 bits per heavy atom. The fourth-order valence-corrected chi connectivity index (χ4v) is 5.26. The van der Waals surface area contributed by atoms with Crippen LogP contribution in [-0.2, 0) is 23.3 Å². The predicted octanol–water partition coefficient (Wildman–Crippen LogP) is 6.02. The van der Waals surface area contributed by atoms with Crippen LogP contribution in [0.2, 0.25) is 0 Å². The van der Waals surface area contributed by atoms with Gasteiger partial charge in [-0.3, -0.25) is 14.6 Å². The number of nitrogens with zero attached hydrogens (tertiary/aromatic N) is 1. The topological polar surface area (TPSA) is 125 Å². The van der Waals surface area contributed by atoms with Crippen LogP contribution in [0.4, 0.5) is 0 Å². The molecule has 3 atom stereocenters. The molecule has 0 amide bonds. The van der Waals surface area contributed by atoms with E-state index in [1.54, 1.807) is 0 Å². The molecule has 0 aromatic carbocycles. The van der Waals surface area contributed by atoms with Gasteiger partial charge >= 0.3 is 0 Å². The minimum Gasteiger partial charge on any atom is -0.756 e. The summed E-state index contributed by atoms with van der Waals surface area (Å²) in [5.41, 5.74) is 0.